The van der Waals surface area contributed by atoms with Crippen molar-refractivity contribution in [2.75, 3.05) is 17.6 Å². The van der Waals surface area contributed by atoms with E-state index in [-0.39, 0.29) is 5.91 Å². The molecule has 1 heterocycles. The number of thioether (sulfide) groups is 1. The average molecular weight is 389 g/mol. The van der Waals surface area contributed by atoms with Crippen LogP contribution in [0.1, 0.15) is 37.7 Å². The molecule has 5 nitrogen and oxygen atoms in total. The Kier molecular flexibility index (Phi) is 7.08. The van der Waals surface area contributed by atoms with Crippen LogP contribution in [0.15, 0.2) is 40.3 Å². The van der Waals surface area contributed by atoms with Gasteiger partial charge in [-0.2, -0.15) is 0 Å². The first-order valence-electron chi connectivity index (χ1n) is 8.93. The van der Waals surface area contributed by atoms with E-state index in [2.05, 4.69) is 46.0 Å². The molecule has 138 valence electrons. The van der Waals surface area contributed by atoms with Gasteiger partial charge in [-0.1, -0.05) is 46.9 Å². The van der Waals surface area contributed by atoms with Gasteiger partial charge in [0.2, 0.25) is 11.0 Å². The number of rotatable bonds is 8. The second-order valence-electron chi connectivity index (χ2n) is 6.36. The minimum Gasteiger partial charge on any atom is -0.355 e. The highest BCUT2D eigenvalue weighted by atomic mass is 32.2. The van der Waals surface area contributed by atoms with Crippen molar-refractivity contribution in [1.29, 1.82) is 0 Å². The summed E-state index contributed by atoms with van der Waals surface area (Å²) in [4.78, 5) is 12.0. The van der Waals surface area contributed by atoms with Gasteiger partial charge in [-0.25, -0.2) is 0 Å². The Morgan fingerprint density at radius 1 is 1.31 bits per heavy atom. The Balaban J connectivity index is 1.38. The van der Waals surface area contributed by atoms with E-state index in [4.69, 9.17) is 0 Å². The van der Waals surface area contributed by atoms with E-state index in [9.17, 15) is 4.79 Å². The molecule has 1 aromatic carbocycles. The maximum absolute atomic E-state index is 12.0. The van der Waals surface area contributed by atoms with Crippen LogP contribution < -0.4 is 10.6 Å². The Hall–Kier alpha value is -1.86. The van der Waals surface area contributed by atoms with E-state index in [0.717, 1.165) is 28.1 Å². The first kappa shape index (κ1) is 18.9. The lowest BCUT2D eigenvalue weighted by molar-refractivity contribution is -0.118. The molecule has 0 atom stereocenters. The van der Waals surface area contributed by atoms with Crippen LogP contribution in [0, 0.1) is 6.92 Å². The number of carbonyl (C=O) groups is 1. The number of nitrogens with zero attached hydrogens (tertiary/aromatic N) is 2. The summed E-state index contributed by atoms with van der Waals surface area (Å²) in [6, 6.07) is 8.11. The largest absolute Gasteiger partial charge is 0.355 e. The summed E-state index contributed by atoms with van der Waals surface area (Å²) in [5.41, 5.74) is 3.67. The van der Waals surface area contributed by atoms with Crippen molar-refractivity contribution in [2.45, 2.75) is 43.4 Å². The molecule has 0 fully saturated rings. The fraction of sp³-hybridized carbons (Fsp3) is 0.421. The normalized spacial score (nSPS) is 14.0. The number of nitrogens with one attached hydrogen (secondary N) is 2. The summed E-state index contributed by atoms with van der Waals surface area (Å²) in [5, 5.41) is 15.3. The average Bonchev–Trinajstić information content (AvgIpc) is 3.08. The molecule has 1 amide bonds. The summed E-state index contributed by atoms with van der Waals surface area (Å²) < 4.78 is 0.797. The number of hydrogen-bond acceptors (Lipinski definition) is 6. The fourth-order valence-electron chi connectivity index (χ4n) is 2.84. The van der Waals surface area contributed by atoms with Gasteiger partial charge < -0.3 is 10.6 Å². The van der Waals surface area contributed by atoms with Crippen LogP contribution in [0.25, 0.3) is 0 Å². The molecule has 7 heteroatoms. The summed E-state index contributed by atoms with van der Waals surface area (Å²) in [6.07, 6.45) is 8.26. The number of benzene rings is 1. The Bertz CT molecular complexity index is 772. The minimum absolute atomic E-state index is 0.0507. The van der Waals surface area contributed by atoms with Crippen molar-refractivity contribution in [3.05, 3.63) is 41.5 Å². The first-order valence-corrected chi connectivity index (χ1v) is 10.7. The lowest BCUT2D eigenvalue weighted by Crippen LogP contribution is -2.26. The maximum Gasteiger partial charge on any atom is 0.230 e. The summed E-state index contributed by atoms with van der Waals surface area (Å²) in [5.74, 6) is 0.424. The molecule has 0 spiro atoms. The van der Waals surface area contributed by atoms with Crippen molar-refractivity contribution in [3.8, 4) is 0 Å². The number of aryl methyl sites for hydroxylation is 1. The van der Waals surface area contributed by atoms with E-state index in [0.29, 0.717) is 5.75 Å². The zero-order valence-electron chi connectivity index (χ0n) is 15.0. The van der Waals surface area contributed by atoms with Crippen LogP contribution >= 0.6 is 23.1 Å². The third-order valence-corrected chi connectivity index (χ3v) is 6.13. The van der Waals surface area contributed by atoms with Crippen LogP contribution in [0.3, 0.4) is 0 Å². The van der Waals surface area contributed by atoms with Gasteiger partial charge in [-0.3, -0.25) is 4.79 Å². The van der Waals surface area contributed by atoms with Crippen LogP contribution in [0.5, 0.6) is 0 Å². The monoisotopic (exact) mass is 388 g/mol. The van der Waals surface area contributed by atoms with Crippen molar-refractivity contribution in [1.82, 2.24) is 15.5 Å². The standard InChI is InChI=1S/C19H24N4OS2/c1-14-6-5-9-16(12-14)21-18-22-23-19(26-18)25-13-17(24)20-11-10-15-7-3-2-4-8-15/h5-7,9,12H,2-4,8,10-11,13H2,1H3,(H,20,24)(H,21,22). The molecule has 0 bridgehead atoms. The van der Waals surface area contributed by atoms with Gasteiger partial charge in [-0.15, -0.1) is 10.2 Å². The van der Waals surface area contributed by atoms with E-state index >= 15 is 0 Å². The van der Waals surface area contributed by atoms with E-state index in [1.165, 1.54) is 59.9 Å². The number of aromatic nitrogens is 2. The molecule has 1 aromatic heterocycles. The van der Waals surface area contributed by atoms with Crippen LogP contribution in [0.4, 0.5) is 10.8 Å². The second-order valence-corrected chi connectivity index (χ2v) is 8.56. The van der Waals surface area contributed by atoms with Gasteiger partial charge in [-0.05, 0) is 56.7 Å². The lowest BCUT2D eigenvalue weighted by Gasteiger charge is -2.12. The molecule has 26 heavy (non-hydrogen) atoms. The Morgan fingerprint density at radius 3 is 3.04 bits per heavy atom. The van der Waals surface area contributed by atoms with Crippen molar-refractivity contribution >= 4 is 39.8 Å². The molecule has 1 aliphatic rings. The molecule has 0 aliphatic heterocycles. The van der Waals surface area contributed by atoms with Crippen molar-refractivity contribution < 1.29 is 4.79 Å². The number of amides is 1. The predicted octanol–water partition coefficient (Wildman–Crippen LogP) is 4.69. The molecule has 3 rings (SSSR count). The maximum atomic E-state index is 12.0. The zero-order valence-corrected chi connectivity index (χ0v) is 16.6. The topological polar surface area (TPSA) is 66.9 Å². The Labute approximate surface area is 162 Å². The van der Waals surface area contributed by atoms with Gasteiger partial charge in [0.15, 0.2) is 4.34 Å². The first-order chi connectivity index (χ1) is 12.7. The number of carbonyl (C=O) groups excluding carboxylic acids is 1. The van der Waals surface area contributed by atoms with Crippen LogP contribution in [-0.2, 0) is 4.79 Å². The van der Waals surface area contributed by atoms with Crippen molar-refractivity contribution in [3.63, 3.8) is 0 Å². The van der Waals surface area contributed by atoms with Crippen molar-refractivity contribution in [2.24, 2.45) is 0 Å². The molecule has 0 radical (unpaired) electrons. The highest BCUT2D eigenvalue weighted by Gasteiger charge is 2.09. The lowest BCUT2D eigenvalue weighted by atomic mass is 9.97. The van der Waals surface area contributed by atoms with Gasteiger partial charge in [0.25, 0.3) is 0 Å². The van der Waals surface area contributed by atoms with Crippen LogP contribution in [0.2, 0.25) is 0 Å². The highest BCUT2D eigenvalue weighted by Crippen LogP contribution is 2.27. The van der Waals surface area contributed by atoms with Crippen LogP contribution in [-0.4, -0.2) is 28.4 Å². The molecule has 1 aliphatic carbocycles. The highest BCUT2D eigenvalue weighted by molar-refractivity contribution is 8.01. The minimum atomic E-state index is 0.0507. The third-order valence-electron chi connectivity index (χ3n) is 4.16. The smallest absolute Gasteiger partial charge is 0.230 e. The molecule has 2 N–H and O–H groups in total. The molecular formula is C19H24N4OS2. The molecular weight excluding hydrogens is 364 g/mol. The third kappa shape index (κ3) is 6.14. The summed E-state index contributed by atoms with van der Waals surface area (Å²) in [6.45, 7) is 2.78. The Morgan fingerprint density at radius 2 is 2.23 bits per heavy atom. The van der Waals surface area contributed by atoms with E-state index in [1.54, 1.807) is 0 Å². The van der Waals surface area contributed by atoms with E-state index in [1.807, 2.05) is 12.1 Å². The molecule has 2 aromatic rings. The van der Waals surface area contributed by atoms with Gasteiger partial charge >= 0.3 is 0 Å². The SMILES string of the molecule is Cc1cccc(Nc2nnc(SCC(=O)NCCC3=CCCCC3)s2)c1. The number of hydrogen-bond donors (Lipinski definition) is 2. The zero-order chi connectivity index (χ0) is 18.2. The molecule has 0 saturated heterocycles. The second kappa shape index (κ2) is 9.73. The summed E-state index contributed by atoms with van der Waals surface area (Å²) in [7, 11) is 0. The van der Waals surface area contributed by atoms with Gasteiger partial charge in [0.1, 0.15) is 0 Å². The molecule has 0 unspecified atom stereocenters. The predicted molar refractivity (Wildman–Crippen MR) is 109 cm³/mol. The van der Waals surface area contributed by atoms with E-state index < -0.39 is 0 Å². The summed E-state index contributed by atoms with van der Waals surface area (Å²) >= 11 is 2.89. The molecule has 0 saturated carbocycles. The van der Waals surface area contributed by atoms with Gasteiger partial charge in [0.05, 0.1) is 5.75 Å². The quantitative estimate of drug-likeness (QED) is 0.507. The fourth-order valence-corrected chi connectivity index (χ4v) is 4.44. The number of allylic oxidation sites excluding steroid dienone is 1. The van der Waals surface area contributed by atoms with Gasteiger partial charge in [0, 0.05) is 12.2 Å². The number of anilines is 2.